The largest absolute Gasteiger partial charge is 0.352 e. The minimum absolute atomic E-state index is 0.419. The number of nitrogens with one attached hydrogen (secondary N) is 1. The minimum atomic E-state index is -3.61. The van der Waals surface area contributed by atoms with E-state index in [0.29, 0.717) is 0 Å². The molecule has 0 saturated carbocycles. The van der Waals surface area contributed by atoms with Gasteiger partial charge in [0.1, 0.15) is 5.82 Å². The summed E-state index contributed by atoms with van der Waals surface area (Å²) in [6.07, 6.45) is 0. The van der Waals surface area contributed by atoms with Gasteiger partial charge in [-0.3, -0.25) is 4.79 Å². The molecule has 0 fully saturated rings. The molecule has 2 nitrogen and oxygen atoms in total. The lowest BCUT2D eigenvalue weighted by Crippen LogP contribution is -2.23. The van der Waals surface area contributed by atoms with E-state index in [0.717, 1.165) is 18.2 Å². The van der Waals surface area contributed by atoms with Crippen LogP contribution >= 0.6 is 0 Å². The maximum absolute atomic E-state index is 12.9. The Labute approximate surface area is 71.4 Å². The summed E-state index contributed by atoms with van der Waals surface area (Å²) >= 11 is 0. The Morgan fingerprint density at radius 3 is 2.62 bits per heavy atom. The third-order valence-electron chi connectivity index (χ3n) is 1.88. The van der Waals surface area contributed by atoms with Crippen LogP contribution in [0.5, 0.6) is 0 Å². The van der Waals surface area contributed by atoms with Gasteiger partial charge in [0.2, 0.25) is 0 Å². The number of anilines is 1. The second-order valence-corrected chi connectivity index (χ2v) is 2.69. The van der Waals surface area contributed by atoms with Gasteiger partial charge in [0, 0.05) is 0 Å². The van der Waals surface area contributed by atoms with Gasteiger partial charge in [-0.05, 0) is 6.07 Å². The molecule has 0 saturated heterocycles. The van der Waals surface area contributed by atoms with Crippen LogP contribution in [0.3, 0.4) is 0 Å². The number of alkyl halides is 2. The monoisotopic (exact) mass is 187 g/mol. The van der Waals surface area contributed by atoms with E-state index in [4.69, 9.17) is 0 Å². The normalized spacial score (nSPS) is 18.2. The van der Waals surface area contributed by atoms with E-state index in [1.54, 1.807) is 5.32 Å². The Hall–Kier alpha value is -1.52. The predicted octanol–water partition coefficient (Wildman–Crippen LogP) is 1.87. The lowest BCUT2D eigenvalue weighted by atomic mass is 10.1. The number of para-hydroxylation sites is 1. The molecule has 0 radical (unpaired) electrons. The van der Waals surface area contributed by atoms with E-state index < -0.39 is 28.9 Å². The number of carbonyl (C=O) groups excluding carboxylic acids is 1. The fourth-order valence-electron chi connectivity index (χ4n) is 1.23. The lowest BCUT2D eigenvalue weighted by molar-refractivity contribution is -0.139. The van der Waals surface area contributed by atoms with Gasteiger partial charge in [-0.15, -0.1) is 0 Å². The van der Waals surface area contributed by atoms with Crippen LogP contribution in [0.4, 0.5) is 18.9 Å². The highest BCUT2D eigenvalue weighted by Gasteiger charge is 2.49. The summed E-state index contributed by atoms with van der Waals surface area (Å²) in [5, 5.41) is 1.79. The molecule has 1 N–H and O–H groups in total. The second kappa shape index (κ2) is 2.25. The Morgan fingerprint density at radius 1 is 1.31 bits per heavy atom. The zero-order chi connectivity index (χ0) is 9.64. The van der Waals surface area contributed by atoms with Gasteiger partial charge >= 0.3 is 5.92 Å². The Morgan fingerprint density at radius 2 is 2.00 bits per heavy atom. The number of carbonyl (C=O) groups is 1. The summed E-state index contributed by atoms with van der Waals surface area (Å²) in [7, 11) is 0. The van der Waals surface area contributed by atoms with Crippen molar-refractivity contribution in [3.05, 3.63) is 29.6 Å². The average Bonchev–Trinajstić information content (AvgIpc) is 2.28. The van der Waals surface area contributed by atoms with E-state index >= 15 is 0 Å². The number of hydrogen-bond acceptors (Lipinski definition) is 1. The zero-order valence-corrected chi connectivity index (χ0v) is 6.27. The molecule has 1 aromatic rings. The third-order valence-corrected chi connectivity index (χ3v) is 1.88. The maximum Gasteiger partial charge on any atom is 0.352 e. The number of hydrogen-bond donors (Lipinski definition) is 1. The van der Waals surface area contributed by atoms with Crippen LogP contribution < -0.4 is 5.32 Å². The number of fused-ring (bicyclic) bond motifs is 1. The molecular weight excluding hydrogens is 183 g/mol. The molecule has 1 aromatic carbocycles. The molecule has 0 aliphatic carbocycles. The molecule has 1 heterocycles. The smallest absolute Gasteiger partial charge is 0.318 e. The van der Waals surface area contributed by atoms with E-state index in [-0.39, 0.29) is 0 Å². The molecule has 0 atom stereocenters. The summed E-state index contributed by atoms with van der Waals surface area (Å²) in [6.45, 7) is 0. The van der Waals surface area contributed by atoms with Gasteiger partial charge < -0.3 is 5.32 Å². The highest BCUT2D eigenvalue weighted by Crippen LogP contribution is 2.41. The average molecular weight is 187 g/mol. The number of rotatable bonds is 0. The van der Waals surface area contributed by atoms with Crippen molar-refractivity contribution in [1.82, 2.24) is 0 Å². The molecule has 1 aliphatic rings. The first-order chi connectivity index (χ1) is 6.03. The predicted molar refractivity (Wildman–Crippen MR) is 38.9 cm³/mol. The van der Waals surface area contributed by atoms with Gasteiger partial charge in [-0.1, -0.05) is 12.1 Å². The first-order valence-electron chi connectivity index (χ1n) is 3.52. The van der Waals surface area contributed by atoms with Crippen molar-refractivity contribution in [3.63, 3.8) is 0 Å². The topological polar surface area (TPSA) is 29.1 Å². The van der Waals surface area contributed by atoms with Crippen molar-refractivity contribution < 1.29 is 18.0 Å². The van der Waals surface area contributed by atoms with Crippen LogP contribution in [-0.2, 0) is 10.7 Å². The maximum atomic E-state index is 12.9. The highest BCUT2D eigenvalue weighted by molar-refractivity contribution is 6.03. The van der Waals surface area contributed by atoms with Gasteiger partial charge in [0.05, 0.1) is 11.3 Å². The molecule has 68 valence electrons. The molecule has 0 bridgehead atoms. The molecule has 5 heteroatoms. The standard InChI is InChI=1S/C8H4F3NO/c9-5-3-1-2-4-6(5)12-7(13)8(4,10)11/h1-3H,(H,12,13). The quantitative estimate of drug-likeness (QED) is 0.659. The van der Waals surface area contributed by atoms with Crippen LogP contribution in [0, 0.1) is 5.82 Å². The molecule has 2 rings (SSSR count). The third kappa shape index (κ3) is 0.929. The Balaban J connectivity index is 2.68. The minimum Gasteiger partial charge on any atom is -0.318 e. The summed E-state index contributed by atoms with van der Waals surface area (Å²) < 4.78 is 38.7. The van der Waals surface area contributed by atoms with Crippen LogP contribution in [0.1, 0.15) is 5.56 Å². The van der Waals surface area contributed by atoms with Crippen molar-refractivity contribution in [1.29, 1.82) is 0 Å². The van der Waals surface area contributed by atoms with Crippen molar-refractivity contribution in [2.24, 2.45) is 0 Å². The van der Waals surface area contributed by atoms with Crippen molar-refractivity contribution in [3.8, 4) is 0 Å². The molecule has 0 spiro atoms. The number of benzene rings is 1. The van der Waals surface area contributed by atoms with Crippen molar-refractivity contribution >= 4 is 11.6 Å². The summed E-state index contributed by atoms with van der Waals surface area (Å²) in [4.78, 5) is 10.7. The summed E-state index contributed by atoms with van der Waals surface area (Å²) in [5.74, 6) is -5.94. The first kappa shape index (κ1) is 8.10. The van der Waals surface area contributed by atoms with Crippen LogP contribution in [0.25, 0.3) is 0 Å². The van der Waals surface area contributed by atoms with E-state index in [1.807, 2.05) is 0 Å². The van der Waals surface area contributed by atoms with Gasteiger partial charge in [0.15, 0.2) is 0 Å². The summed E-state index contributed by atoms with van der Waals surface area (Å²) in [5.41, 5.74) is -1.02. The van der Waals surface area contributed by atoms with Crippen LogP contribution in [0.15, 0.2) is 18.2 Å². The van der Waals surface area contributed by atoms with Crippen LogP contribution in [0.2, 0.25) is 0 Å². The summed E-state index contributed by atoms with van der Waals surface area (Å²) in [6, 6.07) is 3.18. The zero-order valence-electron chi connectivity index (χ0n) is 6.27. The Bertz CT molecular complexity index is 389. The number of amides is 1. The van der Waals surface area contributed by atoms with E-state index in [1.165, 1.54) is 0 Å². The molecule has 1 amide bonds. The lowest BCUT2D eigenvalue weighted by Gasteiger charge is -2.04. The van der Waals surface area contributed by atoms with Gasteiger partial charge in [-0.25, -0.2) is 4.39 Å². The van der Waals surface area contributed by atoms with E-state index in [9.17, 15) is 18.0 Å². The molecule has 0 aromatic heterocycles. The number of halogens is 3. The Kier molecular flexibility index (Phi) is 1.40. The van der Waals surface area contributed by atoms with Crippen molar-refractivity contribution in [2.45, 2.75) is 5.92 Å². The molecular formula is C8H4F3NO. The van der Waals surface area contributed by atoms with E-state index in [2.05, 4.69) is 0 Å². The van der Waals surface area contributed by atoms with Crippen LogP contribution in [-0.4, -0.2) is 5.91 Å². The second-order valence-electron chi connectivity index (χ2n) is 2.69. The van der Waals surface area contributed by atoms with Gasteiger partial charge in [-0.2, -0.15) is 8.78 Å². The molecule has 13 heavy (non-hydrogen) atoms. The molecule has 0 unspecified atom stereocenters. The van der Waals surface area contributed by atoms with Crippen molar-refractivity contribution in [2.75, 3.05) is 5.32 Å². The fraction of sp³-hybridized carbons (Fsp3) is 0.125. The fourth-order valence-corrected chi connectivity index (χ4v) is 1.23. The highest BCUT2D eigenvalue weighted by atomic mass is 19.3. The molecule has 1 aliphatic heterocycles. The first-order valence-corrected chi connectivity index (χ1v) is 3.52. The van der Waals surface area contributed by atoms with Gasteiger partial charge in [0.25, 0.3) is 5.91 Å². The SMILES string of the molecule is O=C1Nc2c(F)cccc2C1(F)F.